The van der Waals surface area contributed by atoms with Crippen LogP contribution < -0.4 is 4.74 Å². The summed E-state index contributed by atoms with van der Waals surface area (Å²) in [7, 11) is 0. The molecule has 2 aromatic rings. The van der Waals surface area contributed by atoms with Gasteiger partial charge in [0.25, 0.3) is 6.47 Å². The van der Waals surface area contributed by atoms with E-state index in [4.69, 9.17) is 11.6 Å². The molecular formula is C18H8ClF3O4. The average molecular weight is 381 g/mol. The maximum Gasteiger partial charge on any atom is 0.416 e. The number of hydrogen-bond acceptors (Lipinski definition) is 4. The lowest BCUT2D eigenvalue weighted by atomic mass is 9.86. The topological polar surface area (TPSA) is 60.4 Å². The van der Waals surface area contributed by atoms with Crippen LogP contribution in [0.5, 0.6) is 5.75 Å². The zero-order valence-electron chi connectivity index (χ0n) is 12.8. The van der Waals surface area contributed by atoms with E-state index < -0.39 is 29.1 Å². The number of benzene rings is 2. The molecule has 0 atom stereocenters. The first-order valence-corrected chi connectivity index (χ1v) is 7.52. The molecule has 0 saturated heterocycles. The molecule has 0 heterocycles. The fourth-order valence-corrected chi connectivity index (χ4v) is 2.77. The Morgan fingerprint density at radius 1 is 1.00 bits per heavy atom. The van der Waals surface area contributed by atoms with Gasteiger partial charge in [-0.15, -0.1) is 0 Å². The molecule has 0 amide bonds. The van der Waals surface area contributed by atoms with E-state index in [0.717, 1.165) is 12.1 Å². The number of rotatable bonds is 3. The van der Waals surface area contributed by atoms with Gasteiger partial charge in [0, 0.05) is 21.7 Å². The first-order valence-electron chi connectivity index (χ1n) is 7.14. The van der Waals surface area contributed by atoms with E-state index in [1.54, 1.807) is 0 Å². The third kappa shape index (κ3) is 3.25. The van der Waals surface area contributed by atoms with Gasteiger partial charge in [-0.2, -0.15) is 13.2 Å². The number of carbonyl (C=O) groups excluding carboxylic acids is 3. The highest BCUT2D eigenvalue weighted by atomic mass is 35.5. The summed E-state index contributed by atoms with van der Waals surface area (Å²) in [4.78, 5) is 35.4. The maximum absolute atomic E-state index is 13.1. The van der Waals surface area contributed by atoms with E-state index in [9.17, 15) is 27.6 Å². The molecular weight excluding hydrogens is 373 g/mol. The quantitative estimate of drug-likeness (QED) is 0.742. The highest BCUT2D eigenvalue weighted by Gasteiger charge is 2.33. The number of fused-ring (bicyclic) bond motifs is 1. The fourth-order valence-electron chi connectivity index (χ4n) is 2.59. The van der Waals surface area contributed by atoms with E-state index in [1.807, 2.05) is 0 Å². The third-order valence-corrected chi connectivity index (χ3v) is 3.98. The normalized spacial score (nSPS) is 13.9. The Hall–Kier alpha value is -2.93. The molecule has 0 fully saturated rings. The molecule has 0 unspecified atom stereocenters. The van der Waals surface area contributed by atoms with Crippen molar-refractivity contribution in [2.75, 3.05) is 0 Å². The molecule has 0 saturated carbocycles. The Morgan fingerprint density at radius 3 is 2.38 bits per heavy atom. The zero-order valence-corrected chi connectivity index (χ0v) is 13.5. The molecule has 0 N–H and O–H groups in total. The van der Waals surface area contributed by atoms with Crippen LogP contribution in [0.2, 0.25) is 5.02 Å². The van der Waals surface area contributed by atoms with Crippen LogP contribution in [-0.2, 0) is 11.0 Å². The molecule has 0 aliphatic heterocycles. The molecule has 8 heteroatoms. The summed E-state index contributed by atoms with van der Waals surface area (Å²) in [6.07, 6.45) is -3.78. The highest BCUT2D eigenvalue weighted by Crippen LogP contribution is 2.36. The molecule has 0 spiro atoms. The lowest BCUT2D eigenvalue weighted by Crippen LogP contribution is -2.17. The number of Topliss-reactive ketones (excluding diaryl/α,β-unsaturated/α-hetero) is 1. The van der Waals surface area contributed by atoms with Gasteiger partial charge in [-0.05, 0) is 48.0 Å². The number of carbonyl (C=O) groups is 3. The second-order valence-corrected chi connectivity index (χ2v) is 5.84. The molecule has 132 valence electrons. The lowest BCUT2D eigenvalue weighted by molar-refractivity contribution is -0.138. The Balaban J connectivity index is 2.17. The molecule has 1 aliphatic carbocycles. The van der Waals surface area contributed by atoms with E-state index in [2.05, 4.69) is 4.74 Å². The molecule has 4 nitrogen and oxygen atoms in total. The number of alkyl halides is 3. The summed E-state index contributed by atoms with van der Waals surface area (Å²) in [6.45, 7) is -0.0312. The molecule has 0 aromatic heterocycles. The first-order chi connectivity index (χ1) is 12.2. The predicted octanol–water partition coefficient (Wildman–Crippen LogP) is 4.36. The van der Waals surface area contributed by atoms with Crippen molar-refractivity contribution in [3.8, 4) is 5.75 Å². The van der Waals surface area contributed by atoms with Crippen molar-refractivity contribution in [3.63, 3.8) is 0 Å². The van der Waals surface area contributed by atoms with Crippen LogP contribution >= 0.6 is 11.6 Å². The van der Waals surface area contributed by atoms with Crippen LogP contribution in [-0.4, -0.2) is 18.0 Å². The molecule has 2 aromatic carbocycles. The van der Waals surface area contributed by atoms with Gasteiger partial charge in [-0.3, -0.25) is 14.4 Å². The second kappa shape index (κ2) is 6.42. The Bertz CT molecular complexity index is 977. The van der Waals surface area contributed by atoms with Gasteiger partial charge in [-0.25, -0.2) is 0 Å². The summed E-state index contributed by atoms with van der Waals surface area (Å²) in [6, 6.07) is 6.50. The van der Waals surface area contributed by atoms with Crippen molar-refractivity contribution >= 4 is 35.2 Å². The van der Waals surface area contributed by atoms with Gasteiger partial charge in [-0.1, -0.05) is 11.6 Å². The van der Waals surface area contributed by atoms with Crippen molar-refractivity contribution in [3.05, 3.63) is 69.8 Å². The number of halogens is 4. The van der Waals surface area contributed by atoms with Gasteiger partial charge < -0.3 is 4.74 Å². The van der Waals surface area contributed by atoms with Crippen LogP contribution in [0.25, 0.3) is 5.57 Å². The smallest absolute Gasteiger partial charge is 0.416 e. The number of ketones is 2. The van der Waals surface area contributed by atoms with Crippen LogP contribution in [0.4, 0.5) is 13.2 Å². The van der Waals surface area contributed by atoms with E-state index in [0.29, 0.717) is 12.1 Å². The van der Waals surface area contributed by atoms with Gasteiger partial charge >= 0.3 is 6.18 Å². The number of allylic oxidation sites excluding steroid dienone is 2. The summed E-state index contributed by atoms with van der Waals surface area (Å²) in [5, 5.41) is 0.208. The SMILES string of the molecule is O=COc1cc(C2=CC(=O)c3ccc(Cl)cc3C2=O)cc(C(F)(F)F)c1. The van der Waals surface area contributed by atoms with Crippen LogP contribution in [0.1, 0.15) is 31.8 Å². The van der Waals surface area contributed by atoms with Crippen LogP contribution in [0, 0.1) is 0 Å². The summed E-state index contributed by atoms with van der Waals surface area (Å²) < 4.78 is 43.8. The van der Waals surface area contributed by atoms with Crippen molar-refractivity contribution in [2.45, 2.75) is 6.18 Å². The van der Waals surface area contributed by atoms with Crippen molar-refractivity contribution in [2.24, 2.45) is 0 Å². The number of hydrogen-bond donors (Lipinski definition) is 0. The minimum Gasteiger partial charge on any atom is -0.429 e. The van der Waals surface area contributed by atoms with Crippen molar-refractivity contribution in [1.82, 2.24) is 0 Å². The zero-order chi connectivity index (χ0) is 19.1. The van der Waals surface area contributed by atoms with E-state index in [-0.39, 0.29) is 33.8 Å². The summed E-state index contributed by atoms with van der Waals surface area (Å²) in [5.41, 5.74) is -1.45. The Kier molecular flexibility index (Phi) is 4.41. The van der Waals surface area contributed by atoms with Crippen LogP contribution in [0.3, 0.4) is 0 Å². The van der Waals surface area contributed by atoms with Gasteiger partial charge in [0.1, 0.15) is 5.75 Å². The molecule has 1 aliphatic rings. The van der Waals surface area contributed by atoms with Gasteiger partial charge in [0.15, 0.2) is 11.6 Å². The summed E-state index contributed by atoms with van der Waals surface area (Å²) in [5.74, 6) is -1.59. The highest BCUT2D eigenvalue weighted by molar-refractivity contribution is 6.40. The second-order valence-electron chi connectivity index (χ2n) is 5.40. The molecule has 26 heavy (non-hydrogen) atoms. The van der Waals surface area contributed by atoms with Crippen LogP contribution in [0.15, 0.2) is 42.5 Å². The lowest BCUT2D eigenvalue weighted by Gasteiger charge is -2.17. The standard InChI is InChI=1S/C18H8ClF3O4/c19-11-1-2-13-15(6-11)17(25)14(7-16(13)24)9-3-10(18(20,21)22)5-12(4-9)26-8-23/h1-8H. The van der Waals surface area contributed by atoms with Crippen molar-refractivity contribution in [1.29, 1.82) is 0 Å². The predicted molar refractivity (Wildman–Crippen MR) is 86.2 cm³/mol. The largest absolute Gasteiger partial charge is 0.429 e. The first kappa shape index (κ1) is 17.9. The maximum atomic E-state index is 13.1. The Morgan fingerprint density at radius 2 is 1.73 bits per heavy atom. The third-order valence-electron chi connectivity index (χ3n) is 3.74. The minimum atomic E-state index is -4.74. The molecule has 3 rings (SSSR count). The summed E-state index contributed by atoms with van der Waals surface area (Å²) >= 11 is 5.84. The molecule has 0 radical (unpaired) electrons. The van der Waals surface area contributed by atoms with E-state index >= 15 is 0 Å². The Labute approximate surface area is 149 Å². The fraction of sp³-hybridized carbons (Fsp3) is 0.0556. The monoisotopic (exact) mass is 380 g/mol. The number of ether oxygens (including phenoxy) is 1. The average Bonchev–Trinajstić information content (AvgIpc) is 2.57. The van der Waals surface area contributed by atoms with E-state index in [1.165, 1.54) is 18.2 Å². The molecule has 0 bridgehead atoms. The van der Waals surface area contributed by atoms with Gasteiger partial charge in [0.05, 0.1) is 5.56 Å². The van der Waals surface area contributed by atoms with Crippen molar-refractivity contribution < 1.29 is 32.3 Å². The minimum absolute atomic E-state index is 0.00438. The van der Waals surface area contributed by atoms with Gasteiger partial charge in [0.2, 0.25) is 0 Å².